The number of ether oxygens (including phenoxy) is 2. The van der Waals surface area contributed by atoms with Gasteiger partial charge in [0, 0.05) is 12.2 Å². The molecule has 1 rings (SSSR count). The van der Waals surface area contributed by atoms with Gasteiger partial charge in [-0.2, -0.15) is 0 Å². The lowest BCUT2D eigenvalue weighted by molar-refractivity contribution is -0.140. The summed E-state index contributed by atoms with van der Waals surface area (Å²) in [6.45, 7) is 0.858. The van der Waals surface area contributed by atoms with E-state index in [-0.39, 0.29) is 0 Å². The SMILES string of the molecule is O=C1C=CC(=O)OCCCCCCCCCCCCCCCCO1. The zero-order chi connectivity index (χ0) is 17.3. The first-order valence-electron chi connectivity index (χ1n) is 9.80. The number of rotatable bonds is 0. The molecular weight excluding hydrogens is 304 g/mol. The van der Waals surface area contributed by atoms with Gasteiger partial charge in [0.1, 0.15) is 0 Å². The van der Waals surface area contributed by atoms with Crippen LogP contribution in [-0.2, 0) is 19.1 Å². The van der Waals surface area contributed by atoms with E-state index in [4.69, 9.17) is 9.47 Å². The van der Waals surface area contributed by atoms with Crippen molar-refractivity contribution in [3.8, 4) is 0 Å². The highest BCUT2D eigenvalue weighted by atomic mass is 16.5. The zero-order valence-corrected chi connectivity index (χ0v) is 15.1. The van der Waals surface area contributed by atoms with E-state index < -0.39 is 11.9 Å². The van der Waals surface area contributed by atoms with Gasteiger partial charge in [0.05, 0.1) is 13.2 Å². The molecule has 1 heterocycles. The molecule has 0 N–H and O–H groups in total. The smallest absolute Gasteiger partial charge is 0.331 e. The first kappa shape index (κ1) is 20.7. The number of cyclic esters (lactones) is 2. The molecule has 1 aliphatic heterocycles. The van der Waals surface area contributed by atoms with Gasteiger partial charge < -0.3 is 9.47 Å². The van der Waals surface area contributed by atoms with E-state index in [0.717, 1.165) is 37.8 Å². The van der Waals surface area contributed by atoms with Gasteiger partial charge in [0.2, 0.25) is 0 Å². The lowest BCUT2D eigenvalue weighted by atomic mass is 10.0. The van der Waals surface area contributed by atoms with Crippen molar-refractivity contribution in [3.63, 3.8) is 0 Å². The Kier molecular flexibility index (Phi) is 13.1. The maximum absolute atomic E-state index is 11.5. The summed E-state index contributed by atoms with van der Waals surface area (Å²) in [4.78, 5) is 22.9. The lowest BCUT2D eigenvalue weighted by Gasteiger charge is -2.05. The van der Waals surface area contributed by atoms with Gasteiger partial charge in [-0.25, -0.2) is 9.59 Å². The highest BCUT2D eigenvalue weighted by Gasteiger charge is 2.02. The molecule has 0 aromatic heterocycles. The van der Waals surface area contributed by atoms with Gasteiger partial charge in [0.15, 0.2) is 0 Å². The van der Waals surface area contributed by atoms with Gasteiger partial charge in [-0.1, -0.05) is 77.0 Å². The van der Waals surface area contributed by atoms with Crippen LogP contribution in [0.3, 0.4) is 0 Å². The Morgan fingerprint density at radius 3 is 1.00 bits per heavy atom. The molecule has 1 aliphatic rings. The van der Waals surface area contributed by atoms with Crippen LogP contribution in [0, 0.1) is 0 Å². The number of carbonyl (C=O) groups is 2. The number of esters is 2. The molecule has 0 aliphatic carbocycles. The molecule has 0 bridgehead atoms. The van der Waals surface area contributed by atoms with Crippen molar-refractivity contribution in [2.24, 2.45) is 0 Å². The molecule has 0 aromatic carbocycles. The topological polar surface area (TPSA) is 52.6 Å². The summed E-state index contributed by atoms with van der Waals surface area (Å²) >= 11 is 0. The summed E-state index contributed by atoms with van der Waals surface area (Å²) in [5.41, 5.74) is 0. The van der Waals surface area contributed by atoms with Crippen LogP contribution in [0.5, 0.6) is 0 Å². The average molecular weight is 338 g/mol. The van der Waals surface area contributed by atoms with Gasteiger partial charge in [-0.05, 0) is 12.8 Å². The Balaban J connectivity index is 2.24. The van der Waals surface area contributed by atoms with Gasteiger partial charge in [-0.15, -0.1) is 0 Å². The first-order valence-corrected chi connectivity index (χ1v) is 9.80. The van der Waals surface area contributed by atoms with Crippen LogP contribution in [0.2, 0.25) is 0 Å². The van der Waals surface area contributed by atoms with Crippen LogP contribution in [0.1, 0.15) is 89.9 Å². The molecule has 0 spiro atoms. The average Bonchev–Trinajstić information content (AvgIpc) is 2.58. The fourth-order valence-electron chi connectivity index (χ4n) is 2.90. The molecule has 0 saturated carbocycles. The van der Waals surface area contributed by atoms with E-state index in [2.05, 4.69) is 0 Å². The third kappa shape index (κ3) is 13.1. The monoisotopic (exact) mass is 338 g/mol. The van der Waals surface area contributed by atoms with E-state index >= 15 is 0 Å². The van der Waals surface area contributed by atoms with Crippen molar-refractivity contribution in [1.82, 2.24) is 0 Å². The van der Waals surface area contributed by atoms with Crippen molar-refractivity contribution in [3.05, 3.63) is 12.2 Å². The first-order chi connectivity index (χ1) is 11.8. The van der Waals surface area contributed by atoms with Crippen molar-refractivity contribution < 1.29 is 19.1 Å². The molecule has 4 nitrogen and oxygen atoms in total. The summed E-state index contributed by atoms with van der Waals surface area (Å²) in [6.07, 6.45) is 19.3. The fourth-order valence-corrected chi connectivity index (χ4v) is 2.90. The second-order valence-electron chi connectivity index (χ2n) is 6.62. The van der Waals surface area contributed by atoms with Gasteiger partial charge >= 0.3 is 11.9 Å². The molecular formula is C20H34O4. The number of carbonyl (C=O) groups excluding carboxylic acids is 2. The van der Waals surface area contributed by atoms with Crippen LogP contribution in [0.4, 0.5) is 0 Å². The summed E-state index contributed by atoms with van der Waals surface area (Å²) in [5.74, 6) is -0.928. The maximum Gasteiger partial charge on any atom is 0.331 e. The second-order valence-corrected chi connectivity index (χ2v) is 6.62. The van der Waals surface area contributed by atoms with E-state index in [1.807, 2.05) is 0 Å². The highest BCUT2D eigenvalue weighted by molar-refractivity contribution is 5.91. The lowest BCUT2D eigenvalue weighted by Crippen LogP contribution is -2.06. The predicted octanol–water partition coefficient (Wildman–Crippen LogP) is 5.10. The Morgan fingerprint density at radius 2 is 0.708 bits per heavy atom. The molecule has 0 amide bonds. The molecule has 4 heteroatoms. The predicted molar refractivity (Wildman–Crippen MR) is 95.7 cm³/mol. The van der Waals surface area contributed by atoms with Gasteiger partial charge in [0.25, 0.3) is 0 Å². The number of hydrogen-bond acceptors (Lipinski definition) is 4. The third-order valence-corrected chi connectivity index (χ3v) is 4.38. The standard InChI is InChI=1S/C20H34O4/c21-19-15-16-20(22)24-18-14-12-10-8-6-4-2-1-3-5-7-9-11-13-17-23-19/h15-16H,1-14,17-18H2. The third-order valence-electron chi connectivity index (χ3n) is 4.38. The highest BCUT2D eigenvalue weighted by Crippen LogP contribution is 2.13. The minimum absolute atomic E-state index is 0.429. The molecule has 0 radical (unpaired) electrons. The molecule has 0 saturated heterocycles. The summed E-state index contributed by atoms with van der Waals surface area (Å²) in [7, 11) is 0. The Bertz CT molecular complexity index is 329. The number of hydrogen-bond donors (Lipinski definition) is 0. The minimum atomic E-state index is -0.464. The second kappa shape index (κ2) is 15.2. The Hall–Kier alpha value is -1.32. The molecule has 0 atom stereocenters. The van der Waals surface area contributed by atoms with Crippen molar-refractivity contribution in [2.45, 2.75) is 89.9 Å². The molecule has 24 heavy (non-hydrogen) atoms. The Morgan fingerprint density at radius 1 is 0.458 bits per heavy atom. The van der Waals surface area contributed by atoms with E-state index in [1.165, 1.54) is 64.2 Å². The van der Waals surface area contributed by atoms with Crippen LogP contribution in [0.25, 0.3) is 0 Å². The van der Waals surface area contributed by atoms with Crippen molar-refractivity contribution in [2.75, 3.05) is 13.2 Å². The summed E-state index contributed by atoms with van der Waals surface area (Å²) in [6, 6.07) is 0. The fraction of sp³-hybridized carbons (Fsp3) is 0.800. The van der Waals surface area contributed by atoms with E-state index in [9.17, 15) is 9.59 Å². The van der Waals surface area contributed by atoms with E-state index in [1.54, 1.807) is 0 Å². The van der Waals surface area contributed by atoms with Crippen LogP contribution >= 0.6 is 0 Å². The quantitative estimate of drug-likeness (QED) is 0.576. The van der Waals surface area contributed by atoms with Crippen molar-refractivity contribution in [1.29, 1.82) is 0 Å². The van der Waals surface area contributed by atoms with Crippen LogP contribution < -0.4 is 0 Å². The normalized spacial score (nSPS) is 21.8. The molecule has 0 unspecified atom stereocenters. The largest absolute Gasteiger partial charge is 0.463 e. The van der Waals surface area contributed by atoms with Crippen LogP contribution in [-0.4, -0.2) is 25.2 Å². The summed E-state index contributed by atoms with van der Waals surface area (Å²) < 4.78 is 10.1. The van der Waals surface area contributed by atoms with Crippen molar-refractivity contribution >= 4 is 11.9 Å². The van der Waals surface area contributed by atoms with E-state index in [0.29, 0.717) is 13.2 Å². The molecule has 0 fully saturated rings. The minimum Gasteiger partial charge on any atom is -0.463 e. The molecule has 0 aromatic rings. The van der Waals surface area contributed by atoms with Gasteiger partial charge in [-0.3, -0.25) is 0 Å². The Labute approximate surface area is 147 Å². The maximum atomic E-state index is 11.5. The van der Waals surface area contributed by atoms with Crippen LogP contribution in [0.15, 0.2) is 12.2 Å². The molecule has 138 valence electrons. The zero-order valence-electron chi connectivity index (χ0n) is 15.1. The summed E-state index contributed by atoms with van der Waals surface area (Å²) in [5, 5.41) is 0.